The van der Waals surface area contributed by atoms with Crippen molar-refractivity contribution in [3.05, 3.63) is 35.9 Å². The summed E-state index contributed by atoms with van der Waals surface area (Å²) in [6, 6.07) is 9.47. The van der Waals surface area contributed by atoms with E-state index in [-0.39, 0.29) is 16.9 Å². The zero-order chi connectivity index (χ0) is 13.7. The van der Waals surface area contributed by atoms with Gasteiger partial charge in [-0.15, -0.1) is 0 Å². The molecule has 3 nitrogen and oxygen atoms in total. The van der Waals surface area contributed by atoms with Crippen molar-refractivity contribution in [1.82, 2.24) is 5.32 Å². The molecule has 2 unspecified atom stereocenters. The van der Waals surface area contributed by atoms with Gasteiger partial charge in [0.15, 0.2) is 0 Å². The van der Waals surface area contributed by atoms with Crippen LogP contribution >= 0.6 is 12.2 Å². The predicted octanol–water partition coefficient (Wildman–Crippen LogP) is 2.22. The molecule has 4 heteroatoms. The number of thiocarbonyl (C=S) groups is 1. The van der Waals surface area contributed by atoms with Gasteiger partial charge in [-0.25, -0.2) is 0 Å². The van der Waals surface area contributed by atoms with E-state index in [1.807, 2.05) is 37.3 Å². The molecule has 0 aliphatic rings. The smallest absolute Gasteiger partial charge is 0.234 e. The van der Waals surface area contributed by atoms with Crippen molar-refractivity contribution in [1.29, 1.82) is 0 Å². The van der Waals surface area contributed by atoms with E-state index in [2.05, 4.69) is 19.2 Å². The molecule has 3 N–H and O–H groups in total. The molecular weight excluding hydrogens is 244 g/mol. The fraction of sp³-hybridized carbons (Fsp3) is 0.429. The van der Waals surface area contributed by atoms with Crippen LogP contribution in [-0.4, -0.2) is 16.9 Å². The Bertz CT molecular complexity index is 417. The van der Waals surface area contributed by atoms with E-state index in [9.17, 15) is 4.79 Å². The Morgan fingerprint density at radius 3 is 2.22 bits per heavy atom. The summed E-state index contributed by atoms with van der Waals surface area (Å²) in [5.41, 5.74) is 6.52. The molecular formula is C14H20N2OS. The molecule has 1 aromatic rings. The lowest BCUT2D eigenvalue weighted by Gasteiger charge is -2.22. The lowest BCUT2D eigenvalue weighted by molar-refractivity contribution is -0.122. The minimum Gasteiger partial charge on any atom is -0.392 e. The van der Waals surface area contributed by atoms with E-state index >= 15 is 0 Å². The molecule has 0 radical (unpaired) electrons. The Kier molecular flexibility index (Phi) is 5.28. The maximum atomic E-state index is 12.2. The van der Waals surface area contributed by atoms with Crippen LogP contribution in [0.2, 0.25) is 0 Å². The highest BCUT2D eigenvalue weighted by atomic mass is 32.1. The van der Waals surface area contributed by atoms with Crippen molar-refractivity contribution >= 4 is 23.1 Å². The van der Waals surface area contributed by atoms with Gasteiger partial charge in [-0.1, -0.05) is 56.4 Å². The van der Waals surface area contributed by atoms with Gasteiger partial charge in [0, 0.05) is 6.04 Å². The molecule has 18 heavy (non-hydrogen) atoms. The molecule has 0 saturated carbocycles. The van der Waals surface area contributed by atoms with Crippen LogP contribution in [0.4, 0.5) is 0 Å². The van der Waals surface area contributed by atoms with E-state index in [4.69, 9.17) is 18.0 Å². The molecule has 1 rings (SSSR count). The third kappa shape index (κ3) is 3.81. The van der Waals surface area contributed by atoms with Crippen LogP contribution in [0.25, 0.3) is 0 Å². The van der Waals surface area contributed by atoms with Gasteiger partial charge in [0.25, 0.3) is 0 Å². The molecule has 0 spiro atoms. The number of hydrogen-bond donors (Lipinski definition) is 2. The highest BCUT2D eigenvalue weighted by Gasteiger charge is 2.25. The van der Waals surface area contributed by atoms with Crippen molar-refractivity contribution in [2.24, 2.45) is 11.7 Å². The number of nitrogens with two attached hydrogens (primary N) is 1. The number of nitrogens with one attached hydrogen (secondary N) is 1. The van der Waals surface area contributed by atoms with E-state index in [1.54, 1.807) is 0 Å². The predicted molar refractivity (Wildman–Crippen MR) is 78.4 cm³/mol. The summed E-state index contributed by atoms with van der Waals surface area (Å²) < 4.78 is 0. The molecule has 1 amide bonds. The van der Waals surface area contributed by atoms with Crippen LogP contribution in [-0.2, 0) is 4.79 Å². The number of benzene rings is 1. The van der Waals surface area contributed by atoms with Crippen LogP contribution in [0.3, 0.4) is 0 Å². The first-order valence-corrected chi connectivity index (χ1v) is 6.49. The fourth-order valence-corrected chi connectivity index (χ4v) is 1.81. The Labute approximate surface area is 114 Å². The maximum Gasteiger partial charge on any atom is 0.234 e. The van der Waals surface area contributed by atoms with Crippen LogP contribution < -0.4 is 11.1 Å². The normalized spacial score (nSPS) is 14.0. The number of hydrogen-bond acceptors (Lipinski definition) is 2. The summed E-state index contributed by atoms with van der Waals surface area (Å²) in [7, 11) is 0. The third-order valence-electron chi connectivity index (χ3n) is 3.05. The Morgan fingerprint density at radius 2 is 1.78 bits per heavy atom. The Morgan fingerprint density at radius 1 is 1.22 bits per heavy atom. The number of rotatable bonds is 5. The van der Waals surface area contributed by atoms with Gasteiger partial charge < -0.3 is 11.1 Å². The van der Waals surface area contributed by atoms with Crippen molar-refractivity contribution in [3.8, 4) is 0 Å². The lowest BCUT2D eigenvalue weighted by atomic mass is 9.97. The highest BCUT2D eigenvalue weighted by Crippen LogP contribution is 2.17. The van der Waals surface area contributed by atoms with Gasteiger partial charge in [0.1, 0.15) is 5.92 Å². The molecule has 0 saturated heterocycles. The SMILES string of the molecule is CC(C)C(C)NC(=O)C(C(N)=S)c1ccccc1. The zero-order valence-electron chi connectivity index (χ0n) is 11.0. The minimum atomic E-state index is -0.553. The molecule has 0 heterocycles. The van der Waals surface area contributed by atoms with E-state index < -0.39 is 5.92 Å². The molecule has 98 valence electrons. The van der Waals surface area contributed by atoms with Crippen LogP contribution in [0.15, 0.2) is 30.3 Å². The molecule has 1 aromatic carbocycles. The summed E-state index contributed by atoms with van der Waals surface area (Å²) in [5, 5.41) is 2.95. The van der Waals surface area contributed by atoms with Gasteiger partial charge in [-0.2, -0.15) is 0 Å². The van der Waals surface area contributed by atoms with Gasteiger partial charge in [-0.05, 0) is 18.4 Å². The maximum absolute atomic E-state index is 12.2. The molecule has 0 aliphatic carbocycles. The largest absolute Gasteiger partial charge is 0.392 e. The summed E-state index contributed by atoms with van der Waals surface area (Å²) in [4.78, 5) is 12.4. The van der Waals surface area contributed by atoms with Crippen molar-refractivity contribution in [2.45, 2.75) is 32.7 Å². The Hall–Kier alpha value is -1.42. The van der Waals surface area contributed by atoms with Gasteiger partial charge >= 0.3 is 0 Å². The number of amides is 1. The monoisotopic (exact) mass is 264 g/mol. The van der Waals surface area contributed by atoms with Crippen molar-refractivity contribution in [2.75, 3.05) is 0 Å². The average molecular weight is 264 g/mol. The van der Waals surface area contributed by atoms with Gasteiger partial charge in [-0.3, -0.25) is 4.79 Å². The molecule has 0 aromatic heterocycles. The molecule has 0 aliphatic heterocycles. The van der Waals surface area contributed by atoms with Crippen molar-refractivity contribution < 1.29 is 4.79 Å². The first kappa shape index (κ1) is 14.6. The van der Waals surface area contributed by atoms with E-state index in [0.29, 0.717) is 5.92 Å². The number of carbonyl (C=O) groups is 1. The molecule has 0 bridgehead atoms. The Balaban J connectivity index is 2.87. The summed E-state index contributed by atoms with van der Waals surface area (Å²) in [6.45, 7) is 6.09. The second kappa shape index (κ2) is 6.50. The van der Waals surface area contributed by atoms with Gasteiger partial charge in [0.2, 0.25) is 5.91 Å². The molecule has 2 atom stereocenters. The minimum absolute atomic E-state index is 0.0954. The fourth-order valence-electron chi connectivity index (χ4n) is 1.56. The van der Waals surface area contributed by atoms with E-state index in [1.165, 1.54) is 0 Å². The average Bonchev–Trinajstić information content (AvgIpc) is 2.29. The summed E-state index contributed by atoms with van der Waals surface area (Å²) in [6.07, 6.45) is 0. The second-order valence-corrected chi connectivity index (χ2v) is 5.26. The van der Waals surface area contributed by atoms with Crippen molar-refractivity contribution in [3.63, 3.8) is 0 Å². The van der Waals surface area contributed by atoms with Crippen LogP contribution in [0.5, 0.6) is 0 Å². The first-order chi connectivity index (χ1) is 8.43. The van der Waals surface area contributed by atoms with Crippen LogP contribution in [0.1, 0.15) is 32.3 Å². The standard InChI is InChI=1S/C14H20N2OS/c1-9(2)10(3)16-14(17)12(13(15)18)11-7-5-4-6-8-11/h4-10,12H,1-3H3,(H2,15,18)(H,16,17). The summed E-state index contributed by atoms with van der Waals surface area (Å²) in [5.74, 6) is -0.311. The zero-order valence-corrected chi connectivity index (χ0v) is 11.8. The van der Waals surface area contributed by atoms with Crippen LogP contribution in [0, 0.1) is 5.92 Å². The third-order valence-corrected chi connectivity index (χ3v) is 3.29. The van der Waals surface area contributed by atoms with Gasteiger partial charge in [0.05, 0.1) is 4.99 Å². The molecule has 0 fully saturated rings. The first-order valence-electron chi connectivity index (χ1n) is 6.08. The van der Waals surface area contributed by atoms with E-state index in [0.717, 1.165) is 5.56 Å². The summed E-state index contributed by atoms with van der Waals surface area (Å²) >= 11 is 5.01. The number of carbonyl (C=O) groups excluding carboxylic acids is 1. The second-order valence-electron chi connectivity index (χ2n) is 4.79. The topological polar surface area (TPSA) is 55.1 Å². The quantitative estimate of drug-likeness (QED) is 0.802. The lowest BCUT2D eigenvalue weighted by Crippen LogP contribution is -2.42. The highest BCUT2D eigenvalue weighted by molar-refractivity contribution is 7.80.